The van der Waals surface area contributed by atoms with Crippen molar-refractivity contribution in [2.45, 2.75) is 52.7 Å². The minimum Gasteiger partial charge on any atom is -0.485 e. The summed E-state index contributed by atoms with van der Waals surface area (Å²) in [5.74, 6) is 0.821. The number of ether oxygens (including phenoxy) is 3. The molecule has 2 aromatic carbocycles. The molecule has 1 heterocycles. The van der Waals surface area contributed by atoms with Crippen molar-refractivity contribution in [3.05, 3.63) is 58.7 Å². The lowest BCUT2D eigenvalue weighted by molar-refractivity contribution is -0.155. The standard InChI is InChI=1S/C22H26O4/c1-14-10-16(22(3,4)5)11-15(2)17(14)12-25-21(23)20-13-24-18-8-6-7-9-19(18)26-20/h6-11,20H,12-13H2,1-5H3. The van der Waals surface area contributed by atoms with Crippen LogP contribution in [0.4, 0.5) is 0 Å². The van der Waals surface area contributed by atoms with Crippen molar-refractivity contribution in [2.24, 2.45) is 0 Å². The molecule has 0 bridgehead atoms. The van der Waals surface area contributed by atoms with Crippen LogP contribution in [0.25, 0.3) is 0 Å². The first-order valence-electron chi connectivity index (χ1n) is 8.91. The van der Waals surface area contributed by atoms with E-state index in [1.54, 1.807) is 6.07 Å². The number of aryl methyl sites for hydroxylation is 2. The first kappa shape index (κ1) is 18.3. The lowest BCUT2D eigenvalue weighted by Gasteiger charge is -2.25. The van der Waals surface area contributed by atoms with Crippen LogP contribution >= 0.6 is 0 Å². The van der Waals surface area contributed by atoms with Crippen molar-refractivity contribution in [1.82, 2.24) is 0 Å². The number of carbonyl (C=O) groups excluding carboxylic acids is 1. The fourth-order valence-electron chi connectivity index (χ4n) is 3.03. The Balaban J connectivity index is 1.67. The van der Waals surface area contributed by atoms with Gasteiger partial charge in [0.05, 0.1) is 0 Å². The number of hydrogen-bond donors (Lipinski definition) is 0. The zero-order valence-corrected chi connectivity index (χ0v) is 16.1. The predicted molar refractivity (Wildman–Crippen MR) is 101 cm³/mol. The molecule has 138 valence electrons. The van der Waals surface area contributed by atoms with Crippen molar-refractivity contribution >= 4 is 5.97 Å². The summed E-state index contributed by atoms with van der Waals surface area (Å²) in [5, 5.41) is 0. The third-order valence-corrected chi connectivity index (χ3v) is 4.69. The molecular weight excluding hydrogens is 328 g/mol. The first-order chi connectivity index (χ1) is 12.3. The number of para-hydroxylation sites is 2. The molecule has 0 saturated carbocycles. The maximum absolute atomic E-state index is 12.4. The lowest BCUT2D eigenvalue weighted by atomic mass is 9.84. The van der Waals surface area contributed by atoms with Gasteiger partial charge in [-0.2, -0.15) is 0 Å². The Hall–Kier alpha value is -2.49. The van der Waals surface area contributed by atoms with Crippen molar-refractivity contribution in [2.75, 3.05) is 6.61 Å². The molecule has 0 spiro atoms. The van der Waals surface area contributed by atoms with Crippen molar-refractivity contribution in [3.8, 4) is 11.5 Å². The second-order valence-electron chi connectivity index (χ2n) is 7.81. The summed E-state index contributed by atoms with van der Waals surface area (Å²) in [5.41, 5.74) is 4.68. The first-order valence-corrected chi connectivity index (χ1v) is 8.91. The van der Waals surface area contributed by atoms with Crippen molar-refractivity contribution in [3.63, 3.8) is 0 Å². The van der Waals surface area contributed by atoms with Crippen LogP contribution in [-0.4, -0.2) is 18.7 Å². The molecule has 0 aliphatic carbocycles. The van der Waals surface area contributed by atoms with Gasteiger partial charge in [0.1, 0.15) is 13.2 Å². The molecule has 3 rings (SSSR count). The number of fused-ring (bicyclic) bond motifs is 1. The molecule has 0 N–H and O–H groups in total. The van der Waals surface area contributed by atoms with Gasteiger partial charge in [0, 0.05) is 0 Å². The largest absolute Gasteiger partial charge is 0.485 e. The van der Waals surface area contributed by atoms with Crippen LogP contribution < -0.4 is 9.47 Å². The molecule has 1 unspecified atom stereocenters. The third kappa shape index (κ3) is 3.85. The highest BCUT2D eigenvalue weighted by molar-refractivity contribution is 5.76. The third-order valence-electron chi connectivity index (χ3n) is 4.69. The minimum absolute atomic E-state index is 0.0887. The second kappa shape index (κ2) is 7.02. The molecule has 0 saturated heterocycles. The fraction of sp³-hybridized carbons (Fsp3) is 0.409. The van der Waals surface area contributed by atoms with E-state index in [0.717, 1.165) is 16.7 Å². The predicted octanol–water partition coefficient (Wildman–Crippen LogP) is 4.48. The highest BCUT2D eigenvalue weighted by atomic mass is 16.6. The molecule has 0 fully saturated rings. The molecule has 4 heteroatoms. The van der Waals surface area contributed by atoms with E-state index >= 15 is 0 Å². The van der Waals surface area contributed by atoms with Gasteiger partial charge in [-0.25, -0.2) is 4.79 Å². The normalized spacial score (nSPS) is 16.3. The monoisotopic (exact) mass is 354 g/mol. The SMILES string of the molecule is Cc1cc(C(C)(C)C)cc(C)c1COC(=O)C1COc2ccccc2O1. The smallest absolute Gasteiger partial charge is 0.351 e. The number of carbonyl (C=O) groups is 1. The van der Waals surface area contributed by atoms with E-state index in [0.29, 0.717) is 11.5 Å². The Morgan fingerprint density at radius 3 is 2.35 bits per heavy atom. The van der Waals surface area contributed by atoms with E-state index in [1.807, 2.05) is 18.2 Å². The topological polar surface area (TPSA) is 44.8 Å². The zero-order valence-electron chi connectivity index (χ0n) is 16.1. The van der Waals surface area contributed by atoms with Crippen molar-refractivity contribution < 1.29 is 19.0 Å². The number of esters is 1. The summed E-state index contributed by atoms with van der Waals surface area (Å²) in [4.78, 5) is 12.4. The Labute approximate surface area is 155 Å². The van der Waals surface area contributed by atoms with Gasteiger partial charge in [-0.3, -0.25) is 0 Å². The van der Waals surface area contributed by atoms with Crippen LogP contribution in [0.1, 0.15) is 43.0 Å². The quantitative estimate of drug-likeness (QED) is 0.762. The number of rotatable bonds is 3. The van der Waals surface area contributed by atoms with Crippen molar-refractivity contribution in [1.29, 1.82) is 0 Å². The lowest BCUT2D eigenvalue weighted by Crippen LogP contribution is -2.37. The van der Waals surface area contributed by atoms with Crippen LogP contribution in [0.2, 0.25) is 0 Å². The van der Waals surface area contributed by atoms with E-state index in [-0.39, 0.29) is 18.6 Å². The van der Waals surface area contributed by atoms with Gasteiger partial charge in [-0.1, -0.05) is 45.0 Å². The van der Waals surface area contributed by atoms with E-state index < -0.39 is 12.1 Å². The molecule has 0 aromatic heterocycles. The maximum Gasteiger partial charge on any atom is 0.351 e. The molecule has 0 amide bonds. The fourth-order valence-corrected chi connectivity index (χ4v) is 3.03. The van der Waals surface area contributed by atoms with Gasteiger partial charge in [-0.15, -0.1) is 0 Å². The van der Waals surface area contributed by atoms with E-state index in [2.05, 4.69) is 46.8 Å². The average molecular weight is 354 g/mol. The summed E-state index contributed by atoms with van der Waals surface area (Å²) in [6.07, 6.45) is -0.737. The molecule has 26 heavy (non-hydrogen) atoms. The van der Waals surface area contributed by atoms with Crippen LogP contribution in [0.15, 0.2) is 36.4 Å². The minimum atomic E-state index is -0.737. The molecule has 4 nitrogen and oxygen atoms in total. The number of benzene rings is 2. The summed E-state index contributed by atoms with van der Waals surface area (Å²) in [6.45, 7) is 11.1. The van der Waals surface area contributed by atoms with Gasteiger partial charge in [0.15, 0.2) is 11.5 Å². The van der Waals surface area contributed by atoms with Gasteiger partial charge in [0.25, 0.3) is 0 Å². The molecule has 1 atom stereocenters. The molecule has 1 aliphatic rings. The van der Waals surface area contributed by atoms with E-state index in [4.69, 9.17) is 14.2 Å². The summed E-state index contributed by atoms with van der Waals surface area (Å²) in [7, 11) is 0. The van der Waals surface area contributed by atoms with Crippen LogP contribution in [0, 0.1) is 13.8 Å². The van der Waals surface area contributed by atoms with Crippen LogP contribution in [0.3, 0.4) is 0 Å². The van der Waals surface area contributed by atoms with Gasteiger partial charge in [0.2, 0.25) is 6.10 Å². The Morgan fingerprint density at radius 1 is 1.12 bits per heavy atom. The zero-order chi connectivity index (χ0) is 18.9. The van der Waals surface area contributed by atoms with Crippen LogP contribution in [0.5, 0.6) is 11.5 Å². The van der Waals surface area contributed by atoms with E-state index in [9.17, 15) is 4.79 Å². The molecular formula is C22H26O4. The van der Waals surface area contributed by atoms with Gasteiger partial charge < -0.3 is 14.2 Å². The molecule has 2 aromatic rings. The molecule has 0 radical (unpaired) electrons. The summed E-state index contributed by atoms with van der Waals surface area (Å²) >= 11 is 0. The summed E-state index contributed by atoms with van der Waals surface area (Å²) in [6, 6.07) is 11.7. The summed E-state index contributed by atoms with van der Waals surface area (Å²) < 4.78 is 16.8. The average Bonchev–Trinajstić information content (AvgIpc) is 2.59. The Kier molecular flexibility index (Phi) is 4.94. The highest BCUT2D eigenvalue weighted by Crippen LogP contribution is 2.31. The van der Waals surface area contributed by atoms with E-state index in [1.165, 1.54) is 5.56 Å². The maximum atomic E-state index is 12.4. The Morgan fingerprint density at radius 2 is 1.73 bits per heavy atom. The van der Waals surface area contributed by atoms with Gasteiger partial charge in [-0.05, 0) is 53.6 Å². The van der Waals surface area contributed by atoms with Crippen LogP contribution in [-0.2, 0) is 21.6 Å². The molecule has 1 aliphatic heterocycles. The second-order valence-corrected chi connectivity index (χ2v) is 7.81. The number of hydrogen-bond acceptors (Lipinski definition) is 4. The highest BCUT2D eigenvalue weighted by Gasteiger charge is 2.29. The van der Waals surface area contributed by atoms with Gasteiger partial charge >= 0.3 is 5.97 Å². The Bertz CT molecular complexity index is 794.